The largest absolute Gasteiger partial charge is 0.283 e. The molecule has 0 spiro atoms. The van der Waals surface area contributed by atoms with Crippen LogP contribution in [0.5, 0.6) is 0 Å². The van der Waals surface area contributed by atoms with E-state index in [-0.39, 0.29) is 23.1 Å². The summed E-state index contributed by atoms with van der Waals surface area (Å²) in [5.74, 6) is 4.56. The lowest BCUT2D eigenvalue weighted by molar-refractivity contribution is 0.332. The van der Waals surface area contributed by atoms with Gasteiger partial charge in [-0.15, -0.1) is 0 Å². The summed E-state index contributed by atoms with van der Waals surface area (Å²) >= 11 is 0. The molecule has 2 N–H and O–H groups in total. The number of rotatable bonds is 6. The van der Waals surface area contributed by atoms with E-state index in [1.54, 1.807) is 0 Å². The van der Waals surface area contributed by atoms with Gasteiger partial charge in [0.05, 0.1) is 5.75 Å². The molecule has 0 aliphatic heterocycles. The van der Waals surface area contributed by atoms with Gasteiger partial charge in [0.1, 0.15) is 0 Å². The summed E-state index contributed by atoms with van der Waals surface area (Å²) in [4.78, 5) is 0. The van der Waals surface area contributed by atoms with E-state index >= 15 is 0 Å². The van der Waals surface area contributed by atoms with E-state index in [4.69, 9.17) is 0 Å². The average Bonchev–Trinajstić information content (AvgIpc) is 1.99. The summed E-state index contributed by atoms with van der Waals surface area (Å²) in [5, 5.41) is 0. The van der Waals surface area contributed by atoms with E-state index in [9.17, 15) is 8.42 Å². The predicted octanol–water partition coefficient (Wildman–Crippen LogP) is -0.397. The Bertz CT molecular complexity index is 181. The van der Waals surface area contributed by atoms with Crippen LogP contribution < -0.4 is 5.90 Å². The number of unbranched alkanes of at least 4 members (excludes halogenated alkanes) is 3. The molecule has 12 heavy (non-hydrogen) atoms. The molecule has 0 fully saturated rings. The van der Waals surface area contributed by atoms with Crippen LogP contribution in [-0.2, 0) is 14.4 Å². The van der Waals surface area contributed by atoms with Crippen molar-refractivity contribution in [1.29, 1.82) is 0 Å². The summed E-state index contributed by atoms with van der Waals surface area (Å²) < 4.78 is 25.0. The second-order valence-corrected chi connectivity index (χ2v) is 4.13. The molecule has 74 valence electrons. The van der Waals surface area contributed by atoms with Gasteiger partial charge >= 0.3 is 0 Å². The number of hydrogen-bond donors (Lipinski definition) is 1. The quantitative estimate of drug-likeness (QED) is 0.369. The van der Waals surface area contributed by atoms with E-state index in [2.05, 4.69) is 17.1 Å². The van der Waals surface area contributed by atoms with Crippen molar-refractivity contribution in [3.8, 4) is 0 Å². The van der Waals surface area contributed by atoms with Crippen LogP contribution in [0.25, 0.3) is 0 Å². The van der Waals surface area contributed by atoms with Gasteiger partial charge in [-0.2, -0.15) is 18.6 Å². The van der Waals surface area contributed by atoms with Gasteiger partial charge in [0.2, 0.25) is 0 Å². The smallest absolute Gasteiger partial charge is 0.198 e. The van der Waals surface area contributed by atoms with Crippen LogP contribution in [0, 0.1) is 0 Å². The lowest BCUT2D eigenvalue weighted by Crippen LogP contribution is -2.14. The van der Waals surface area contributed by atoms with Gasteiger partial charge in [0.15, 0.2) is 17.4 Å². The van der Waals surface area contributed by atoms with Gasteiger partial charge in [-0.05, 0) is 6.42 Å². The van der Waals surface area contributed by atoms with Crippen molar-refractivity contribution in [1.82, 2.24) is 0 Å². The first-order chi connectivity index (χ1) is 5.12. The van der Waals surface area contributed by atoms with Gasteiger partial charge in [-0.25, -0.2) is 0 Å². The molecule has 0 saturated heterocycles. The van der Waals surface area contributed by atoms with Gasteiger partial charge in [0.25, 0.3) is 10.1 Å². The first-order valence-electron chi connectivity index (χ1n) is 3.73. The topological polar surface area (TPSA) is 69.4 Å². The second-order valence-electron chi connectivity index (χ2n) is 2.42. The zero-order valence-electron chi connectivity index (χ0n) is 6.75. The molecule has 0 aliphatic rings. The fourth-order valence-electron chi connectivity index (χ4n) is 0.754. The Hall–Kier alpha value is 0.402. The standard InChI is InChI=1S/C6H15NO3S.Al.3H/c1-2-3-4-5-6-11(8,9)10-7;;;;/h2-7H2,1H3;;;;. The molecule has 0 aromatic carbocycles. The minimum atomic E-state index is -3.42. The van der Waals surface area contributed by atoms with Crippen molar-refractivity contribution in [2.45, 2.75) is 32.6 Å². The molecule has 0 bridgehead atoms. The van der Waals surface area contributed by atoms with Crippen LogP contribution >= 0.6 is 0 Å². The molecular weight excluding hydrogens is 193 g/mol. The Balaban J connectivity index is 0. The Morgan fingerprint density at radius 3 is 2.25 bits per heavy atom. The molecule has 4 nitrogen and oxygen atoms in total. The van der Waals surface area contributed by atoms with Crippen molar-refractivity contribution in [2.75, 3.05) is 5.75 Å². The average molecular weight is 211 g/mol. The van der Waals surface area contributed by atoms with Crippen molar-refractivity contribution < 1.29 is 12.7 Å². The third kappa shape index (κ3) is 8.50. The minimum absolute atomic E-state index is 0. The predicted molar refractivity (Wildman–Crippen MR) is 53.1 cm³/mol. The van der Waals surface area contributed by atoms with Crippen LogP contribution in [-0.4, -0.2) is 31.5 Å². The lowest BCUT2D eigenvalue weighted by atomic mass is 10.2. The molecule has 0 aromatic heterocycles. The molecule has 0 unspecified atom stereocenters. The summed E-state index contributed by atoms with van der Waals surface area (Å²) in [7, 11) is -3.42. The molecular formula is C6H18AlNO3S. The normalized spacial score (nSPS) is 10.8. The molecule has 0 atom stereocenters. The molecule has 0 saturated carbocycles. The summed E-state index contributed by atoms with van der Waals surface area (Å²) in [6.45, 7) is 2.06. The van der Waals surface area contributed by atoms with Gasteiger partial charge in [-0.1, -0.05) is 26.2 Å². The lowest BCUT2D eigenvalue weighted by Gasteiger charge is -1.98. The molecule has 0 rings (SSSR count). The van der Waals surface area contributed by atoms with E-state index in [0.29, 0.717) is 6.42 Å². The first-order valence-corrected chi connectivity index (χ1v) is 5.31. The van der Waals surface area contributed by atoms with Crippen LogP contribution in [0.1, 0.15) is 32.6 Å². The third-order valence-electron chi connectivity index (χ3n) is 1.39. The Morgan fingerprint density at radius 2 is 1.83 bits per heavy atom. The molecule has 0 heterocycles. The molecule has 0 aliphatic carbocycles. The number of hydrogen-bond acceptors (Lipinski definition) is 4. The van der Waals surface area contributed by atoms with Crippen LogP contribution in [0.2, 0.25) is 0 Å². The monoisotopic (exact) mass is 211 g/mol. The van der Waals surface area contributed by atoms with Crippen LogP contribution in [0.15, 0.2) is 0 Å². The van der Waals surface area contributed by atoms with Crippen molar-refractivity contribution in [3.05, 3.63) is 0 Å². The summed E-state index contributed by atoms with van der Waals surface area (Å²) in [6, 6.07) is 0. The zero-order chi connectivity index (χ0) is 8.74. The molecule has 0 amide bonds. The van der Waals surface area contributed by atoms with E-state index < -0.39 is 10.1 Å². The number of nitrogens with two attached hydrogens (primary N) is 1. The van der Waals surface area contributed by atoms with Crippen molar-refractivity contribution >= 4 is 27.5 Å². The fraction of sp³-hybridized carbons (Fsp3) is 1.00. The summed E-state index contributed by atoms with van der Waals surface area (Å²) in [6.07, 6.45) is 3.69. The Labute approximate surface area is 84.7 Å². The van der Waals surface area contributed by atoms with E-state index in [0.717, 1.165) is 19.3 Å². The van der Waals surface area contributed by atoms with Crippen LogP contribution in [0.3, 0.4) is 0 Å². The van der Waals surface area contributed by atoms with Crippen molar-refractivity contribution in [2.24, 2.45) is 5.90 Å². The fourth-order valence-corrected chi connectivity index (χ4v) is 1.41. The minimum Gasteiger partial charge on any atom is -0.198 e. The highest BCUT2D eigenvalue weighted by Crippen LogP contribution is 2.01. The maximum atomic E-state index is 10.6. The SMILES string of the molecule is CCCCCCS(=O)(=O)ON.[AlH3]. The van der Waals surface area contributed by atoms with Crippen LogP contribution in [0.4, 0.5) is 0 Å². The highest BCUT2D eigenvalue weighted by molar-refractivity contribution is 7.86. The third-order valence-corrected chi connectivity index (χ3v) is 2.48. The zero-order valence-corrected chi connectivity index (χ0v) is 7.56. The highest BCUT2D eigenvalue weighted by atomic mass is 32.2. The second kappa shape index (κ2) is 8.02. The molecule has 0 radical (unpaired) electrons. The highest BCUT2D eigenvalue weighted by Gasteiger charge is 2.07. The first kappa shape index (κ1) is 14.9. The summed E-state index contributed by atoms with van der Waals surface area (Å²) in [5.41, 5.74) is 0. The van der Waals surface area contributed by atoms with Gasteiger partial charge < -0.3 is 0 Å². The Kier molecular flexibility index (Phi) is 9.96. The molecule has 0 aromatic rings. The van der Waals surface area contributed by atoms with E-state index in [1.165, 1.54) is 0 Å². The maximum absolute atomic E-state index is 10.6. The van der Waals surface area contributed by atoms with Gasteiger partial charge in [-0.3, -0.25) is 0 Å². The van der Waals surface area contributed by atoms with E-state index in [1.807, 2.05) is 0 Å². The van der Waals surface area contributed by atoms with Gasteiger partial charge in [0, 0.05) is 0 Å². The maximum Gasteiger partial charge on any atom is 0.283 e. The Morgan fingerprint density at radius 1 is 1.25 bits per heavy atom. The van der Waals surface area contributed by atoms with Crippen molar-refractivity contribution in [3.63, 3.8) is 0 Å². The molecule has 6 heteroatoms.